The van der Waals surface area contributed by atoms with Crippen molar-refractivity contribution in [3.05, 3.63) is 54.6 Å². The van der Waals surface area contributed by atoms with Gasteiger partial charge in [-0.15, -0.1) is 0 Å². The van der Waals surface area contributed by atoms with Gasteiger partial charge in [0.15, 0.2) is 0 Å². The number of hydrogen-bond donors (Lipinski definition) is 0. The van der Waals surface area contributed by atoms with Crippen molar-refractivity contribution < 1.29 is 13.2 Å². The summed E-state index contributed by atoms with van der Waals surface area (Å²) in [5.41, 5.74) is 0.530. The van der Waals surface area contributed by atoms with Gasteiger partial charge in [-0.3, -0.25) is 4.98 Å². The van der Waals surface area contributed by atoms with Crippen LogP contribution in [0.3, 0.4) is 0 Å². The first-order valence-electron chi connectivity index (χ1n) is 8.31. The molecule has 2 aromatic heterocycles. The second kappa shape index (κ2) is 6.90. The average Bonchev–Trinajstić information content (AvgIpc) is 3.17. The lowest BCUT2D eigenvalue weighted by molar-refractivity contribution is 0.205. The van der Waals surface area contributed by atoms with Gasteiger partial charge in [-0.2, -0.15) is 9.57 Å². The molecule has 8 nitrogen and oxygen atoms in total. The molecule has 3 aromatic rings. The lowest BCUT2D eigenvalue weighted by Crippen LogP contribution is -2.31. The Balaban J connectivity index is 1.58. The molecule has 1 fully saturated rings. The summed E-state index contributed by atoms with van der Waals surface area (Å²) in [7, 11) is -3.72. The van der Waals surface area contributed by atoms with Gasteiger partial charge in [0.1, 0.15) is 17.1 Å². The van der Waals surface area contributed by atoms with Crippen LogP contribution in [0.25, 0.3) is 10.9 Å². The molecule has 3 heterocycles. The molecule has 136 valence electrons. The summed E-state index contributed by atoms with van der Waals surface area (Å²) in [6.07, 6.45) is 4.52. The lowest BCUT2D eigenvalue weighted by Gasteiger charge is -2.18. The van der Waals surface area contributed by atoms with Crippen molar-refractivity contribution in [2.75, 3.05) is 13.1 Å². The molecule has 1 unspecified atom stereocenters. The van der Waals surface area contributed by atoms with Crippen molar-refractivity contribution in [3.8, 4) is 11.9 Å². The number of pyridine rings is 1. The van der Waals surface area contributed by atoms with Gasteiger partial charge in [-0.1, -0.05) is 18.2 Å². The smallest absolute Gasteiger partial charge is 0.251 e. The minimum absolute atomic E-state index is 0.0806. The number of sulfonamides is 1. The summed E-state index contributed by atoms with van der Waals surface area (Å²) >= 11 is 0. The predicted molar refractivity (Wildman–Crippen MR) is 96.3 cm³/mol. The zero-order valence-electron chi connectivity index (χ0n) is 14.2. The highest BCUT2D eigenvalue weighted by Crippen LogP contribution is 2.28. The molecule has 0 aliphatic carbocycles. The SMILES string of the molecule is N#Cc1nccnc1OC1CCN(S(=O)(=O)c2cccc3cccnc23)C1. The largest absolute Gasteiger partial charge is 0.471 e. The number of aromatic nitrogens is 3. The van der Waals surface area contributed by atoms with Crippen LogP contribution in [-0.2, 0) is 10.0 Å². The molecule has 1 saturated heterocycles. The molecule has 1 aliphatic heterocycles. The molecule has 27 heavy (non-hydrogen) atoms. The normalized spacial score (nSPS) is 17.7. The maximum absolute atomic E-state index is 13.1. The molecular formula is C18H15N5O3S. The van der Waals surface area contributed by atoms with Crippen molar-refractivity contribution in [2.45, 2.75) is 17.4 Å². The van der Waals surface area contributed by atoms with Crippen molar-refractivity contribution in [1.82, 2.24) is 19.3 Å². The van der Waals surface area contributed by atoms with Crippen molar-refractivity contribution in [3.63, 3.8) is 0 Å². The van der Waals surface area contributed by atoms with Crippen molar-refractivity contribution in [2.24, 2.45) is 0 Å². The number of hydrogen-bond acceptors (Lipinski definition) is 7. The fraction of sp³-hybridized carbons (Fsp3) is 0.222. The summed E-state index contributed by atoms with van der Waals surface area (Å²) < 4.78 is 33.3. The third-order valence-corrected chi connectivity index (χ3v) is 6.27. The van der Waals surface area contributed by atoms with Crippen LogP contribution in [0.5, 0.6) is 5.88 Å². The lowest BCUT2D eigenvalue weighted by atomic mass is 10.2. The highest BCUT2D eigenvalue weighted by atomic mass is 32.2. The number of nitrogens with zero attached hydrogens (tertiary/aromatic N) is 5. The third-order valence-electron chi connectivity index (χ3n) is 4.37. The van der Waals surface area contributed by atoms with E-state index in [4.69, 9.17) is 10.00 Å². The molecule has 9 heteroatoms. The van der Waals surface area contributed by atoms with Gasteiger partial charge in [0, 0.05) is 30.5 Å². The quantitative estimate of drug-likeness (QED) is 0.677. The standard InChI is InChI=1S/C18H15N5O3S/c19-11-15-18(22-9-8-20-15)26-14-6-10-23(12-14)27(24,25)16-5-1-3-13-4-2-7-21-17(13)16/h1-5,7-9,14H,6,10,12H2. The molecule has 1 aromatic carbocycles. The van der Waals surface area contributed by atoms with E-state index >= 15 is 0 Å². The minimum atomic E-state index is -3.72. The van der Waals surface area contributed by atoms with Gasteiger partial charge in [0.05, 0.1) is 12.1 Å². The fourth-order valence-corrected chi connectivity index (χ4v) is 4.73. The van der Waals surface area contributed by atoms with Gasteiger partial charge < -0.3 is 4.74 Å². The van der Waals surface area contributed by atoms with Gasteiger partial charge in [0.2, 0.25) is 15.7 Å². The molecule has 4 rings (SSSR count). The van der Waals surface area contributed by atoms with Crippen molar-refractivity contribution >= 4 is 20.9 Å². The highest BCUT2D eigenvalue weighted by molar-refractivity contribution is 7.89. The molecule has 0 bridgehead atoms. The highest BCUT2D eigenvalue weighted by Gasteiger charge is 2.35. The number of para-hydroxylation sites is 1. The molecule has 0 N–H and O–H groups in total. The van der Waals surface area contributed by atoms with E-state index in [1.807, 2.05) is 18.2 Å². The predicted octanol–water partition coefficient (Wildman–Crippen LogP) is 1.74. The molecule has 0 amide bonds. The minimum Gasteiger partial charge on any atom is -0.471 e. The molecule has 0 radical (unpaired) electrons. The van der Waals surface area contributed by atoms with Gasteiger partial charge in [0.25, 0.3) is 5.88 Å². The van der Waals surface area contributed by atoms with Gasteiger partial charge in [-0.05, 0) is 18.6 Å². The number of nitriles is 1. The number of ether oxygens (including phenoxy) is 1. The first-order valence-corrected chi connectivity index (χ1v) is 9.75. The number of fused-ring (bicyclic) bond motifs is 1. The second-order valence-corrected chi connectivity index (χ2v) is 7.95. The Hall–Kier alpha value is -3.09. The Morgan fingerprint density at radius 2 is 1.93 bits per heavy atom. The Labute approximate surface area is 156 Å². The molecule has 1 atom stereocenters. The van der Waals surface area contributed by atoms with Crippen LogP contribution >= 0.6 is 0 Å². The zero-order valence-corrected chi connectivity index (χ0v) is 15.0. The van der Waals surface area contributed by atoms with E-state index in [1.165, 1.54) is 16.7 Å². The topological polar surface area (TPSA) is 109 Å². The molecular weight excluding hydrogens is 366 g/mol. The van der Waals surface area contributed by atoms with E-state index in [-0.39, 0.29) is 23.0 Å². The van der Waals surface area contributed by atoms with Crippen LogP contribution in [0, 0.1) is 11.3 Å². The van der Waals surface area contributed by atoms with E-state index in [9.17, 15) is 8.42 Å². The van der Waals surface area contributed by atoms with Crippen LogP contribution in [-0.4, -0.2) is 46.9 Å². The number of rotatable bonds is 4. The Morgan fingerprint density at radius 1 is 1.11 bits per heavy atom. The van der Waals surface area contributed by atoms with E-state index in [2.05, 4.69) is 15.0 Å². The molecule has 0 saturated carbocycles. The summed E-state index contributed by atoms with van der Waals surface area (Å²) in [6, 6.07) is 10.6. The Bertz CT molecular complexity index is 1140. The monoisotopic (exact) mass is 381 g/mol. The first-order chi connectivity index (χ1) is 13.1. The summed E-state index contributed by atoms with van der Waals surface area (Å²) in [5, 5.41) is 9.84. The van der Waals surface area contributed by atoms with Gasteiger partial charge in [-0.25, -0.2) is 18.4 Å². The van der Waals surface area contributed by atoms with E-state index in [1.54, 1.807) is 24.4 Å². The van der Waals surface area contributed by atoms with E-state index in [0.717, 1.165) is 5.39 Å². The Morgan fingerprint density at radius 3 is 2.78 bits per heavy atom. The third kappa shape index (κ3) is 3.20. The van der Waals surface area contributed by atoms with Crippen LogP contribution < -0.4 is 4.74 Å². The summed E-state index contributed by atoms with van der Waals surface area (Å²) in [4.78, 5) is 12.3. The van der Waals surface area contributed by atoms with E-state index < -0.39 is 16.1 Å². The fourth-order valence-electron chi connectivity index (χ4n) is 3.08. The van der Waals surface area contributed by atoms with Crippen LogP contribution in [0.15, 0.2) is 53.8 Å². The second-order valence-electron chi connectivity index (χ2n) is 6.04. The average molecular weight is 381 g/mol. The van der Waals surface area contributed by atoms with Crippen molar-refractivity contribution in [1.29, 1.82) is 5.26 Å². The van der Waals surface area contributed by atoms with E-state index in [0.29, 0.717) is 18.5 Å². The first kappa shape index (κ1) is 17.3. The van der Waals surface area contributed by atoms with Crippen LogP contribution in [0.1, 0.15) is 12.1 Å². The summed E-state index contributed by atoms with van der Waals surface area (Å²) in [6.45, 7) is 0.491. The molecule has 1 aliphatic rings. The number of benzene rings is 1. The molecule has 0 spiro atoms. The Kier molecular flexibility index (Phi) is 4.43. The maximum atomic E-state index is 13.1. The van der Waals surface area contributed by atoms with Crippen LogP contribution in [0.2, 0.25) is 0 Å². The zero-order chi connectivity index (χ0) is 18.9. The van der Waals surface area contributed by atoms with Gasteiger partial charge >= 0.3 is 0 Å². The maximum Gasteiger partial charge on any atom is 0.251 e. The van der Waals surface area contributed by atoms with Crippen LogP contribution in [0.4, 0.5) is 0 Å². The summed E-state index contributed by atoms with van der Waals surface area (Å²) in [5.74, 6) is 0.121.